The monoisotopic (exact) mass is 356 g/mol. The fourth-order valence-electron chi connectivity index (χ4n) is 2.02. The van der Waals surface area contributed by atoms with E-state index in [1.54, 1.807) is 24.3 Å². The second-order valence-corrected chi connectivity index (χ2v) is 6.28. The highest BCUT2D eigenvalue weighted by molar-refractivity contribution is 7.16. The van der Waals surface area contributed by atoms with Crippen LogP contribution < -0.4 is 0 Å². The van der Waals surface area contributed by atoms with Crippen LogP contribution in [0.5, 0.6) is 0 Å². The summed E-state index contributed by atoms with van der Waals surface area (Å²) in [4.78, 5) is 23.8. The summed E-state index contributed by atoms with van der Waals surface area (Å²) in [6, 6.07) is 11.7. The number of ether oxygens (including phenoxy) is 1. The van der Waals surface area contributed by atoms with Gasteiger partial charge in [-0.05, 0) is 30.2 Å². The van der Waals surface area contributed by atoms with Crippen molar-refractivity contribution in [1.29, 1.82) is 5.26 Å². The van der Waals surface area contributed by atoms with Crippen molar-refractivity contribution < 1.29 is 14.5 Å². The summed E-state index contributed by atoms with van der Waals surface area (Å²) in [5.74, 6) is -0.638. The highest BCUT2D eigenvalue weighted by atomic mass is 32.1. The number of carbonyl (C=O) groups excluding carboxylic acids is 1. The fraction of sp³-hybridized carbons (Fsp3) is 0.222. The fourth-order valence-corrected chi connectivity index (χ4v) is 2.97. The Bertz CT molecular complexity index is 849. The molecule has 1 aromatic carbocycles. The van der Waals surface area contributed by atoms with Gasteiger partial charge in [0, 0.05) is 21.9 Å². The molecule has 0 saturated carbocycles. The van der Waals surface area contributed by atoms with Gasteiger partial charge < -0.3 is 4.74 Å². The average molecular weight is 356 g/mol. The van der Waals surface area contributed by atoms with E-state index in [-0.39, 0.29) is 17.9 Å². The molecule has 7 heteroatoms. The topological polar surface area (TPSA) is 93.2 Å². The highest BCUT2D eigenvalue weighted by Crippen LogP contribution is 2.31. The summed E-state index contributed by atoms with van der Waals surface area (Å²) >= 11 is 1.34. The van der Waals surface area contributed by atoms with Gasteiger partial charge in [0.2, 0.25) is 0 Å². The Hall–Kier alpha value is -2.98. The number of thiophene rings is 1. The summed E-state index contributed by atoms with van der Waals surface area (Å²) in [7, 11) is 0. The third-order valence-electron chi connectivity index (χ3n) is 3.33. The molecule has 0 N–H and O–H groups in total. The Labute approximate surface area is 149 Å². The number of nitro groups is 1. The first kappa shape index (κ1) is 18.4. The van der Waals surface area contributed by atoms with E-state index in [0.29, 0.717) is 10.4 Å². The third kappa shape index (κ3) is 4.99. The van der Waals surface area contributed by atoms with Gasteiger partial charge in [0.1, 0.15) is 11.6 Å². The van der Waals surface area contributed by atoms with E-state index >= 15 is 0 Å². The maximum Gasteiger partial charge on any atom is 0.348 e. The number of nitro benzene ring substituents is 1. The molecule has 0 aliphatic heterocycles. The van der Waals surface area contributed by atoms with Crippen LogP contribution in [0.2, 0.25) is 0 Å². The lowest BCUT2D eigenvalue weighted by Crippen LogP contribution is -2.07. The predicted octanol–water partition coefficient (Wildman–Crippen LogP) is 4.57. The second kappa shape index (κ2) is 8.76. The Morgan fingerprint density at radius 2 is 2.20 bits per heavy atom. The zero-order valence-electron chi connectivity index (χ0n) is 13.6. The molecule has 0 radical (unpaired) electrons. The van der Waals surface area contributed by atoms with E-state index in [4.69, 9.17) is 10.00 Å². The van der Waals surface area contributed by atoms with E-state index < -0.39 is 10.9 Å². The molecular formula is C18H16N2O4S. The number of hydrogen-bond donors (Lipinski definition) is 0. The normalized spacial score (nSPS) is 11.0. The molecule has 128 valence electrons. The largest absolute Gasteiger partial charge is 0.462 e. The number of benzene rings is 1. The van der Waals surface area contributed by atoms with Crippen LogP contribution in [-0.4, -0.2) is 17.5 Å². The van der Waals surface area contributed by atoms with Crippen LogP contribution in [0, 0.1) is 21.4 Å². The number of esters is 1. The van der Waals surface area contributed by atoms with Crippen molar-refractivity contribution >= 4 is 29.1 Å². The summed E-state index contributed by atoms with van der Waals surface area (Å²) in [6.45, 7) is 2.27. The molecule has 0 bridgehead atoms. The molecule has 0 saturated heterocycles. The quantitative estimate of drug-likeness (QED) is 0.181. The summed E-state index contributed by atoms with van der Waals surface area (Å²) in [6.07, 6.45) is 3.12. The van der Waals surface area contributed by atoms with E-state index in [2.05, 4.69) is 0 Å². The molecule has 0 aliphatic carbocycles. The first-order valence-corrected chi connectivity index (χ1v) is 8.50. The zero-order chi connectivity index (χ0) is 18.2. The van der Waals surface area contributed by atoms with Gasteiger partial charge in [-0.1, -0.05) is 25.5 Å². The van der Waals surface area contributed by atoms with Crippen LogP contribution in [0.15, 0.2) is 42.0 Å². The van der Waals surface area contributed by atoms with Gasteiger partial charge in [-0.15, -0.1) is 11.3 Å². The van der Waals surface area contributed by atoms with Gasteiger partial charge in [0.25, 0.3) is 5.69 Å². The first-order chi connectivity index (χ1) is 12.0. The van der Waals surface area contributed by atoms with Crippen molar-refractivity contribution in [3.05, 3.63) is 57.0 Å². The highest BCUT2D eigenvalue weighted by Gasteiger charge is 2.12. The van der Waals surface area contributed by atoms with Crippen LogP contribution in [-0.2, 0) is 9.53 Å². The Kier molecular flexibility index (Phi) is 6.43. The maximum absolute atomic E-state index is 11.9. The van der Waals surface area contributed by atoms with Gasteiger partial charge in [0.05, 0.1) is 11.5 Å². The van der Waals surface area contributed by atoms with E-state index in [0.717, 1.165) is 17.7 Å². The molecule has 2 rings (SSSR count). The number of non-ortho nitro benzene ring substituents is 1. The van der Waals surface area contributed by atoms with Crippen molar-refractivity contribution in [2.75, 3.05) is 6.61 Å². The minimum absolute atomic E-state index is 0.0141. The molecule has 25 heavy (non-hydrogen) atoms. The number of nitriles is 1. The standard InChI is InChI=1S/C18H16N2O4S/c1-2-3-9-24-18(21)14(12-19)11-16-7-8-17(25-16)13-5-4-6-15(10-13)20(22)23/h4-8,10-11H,2-3,9H2,1H3/b14-11+. The Morgan fingerprint density at radius 1 is 1.40 bits per heavy atom. The van der Waals surface area contributed by atoms with Gasteiger partial charge >= 0.3 is 5.97 Å². The van der Waals surface area contributed by atoms with Crippen LogP contribution in [0.25, 0.3) is 16.5 Å². The van der Waals surface area contributed by atoms with Crippen LogP contribution >= 0.6 is 11.3 Å². The van der Waals surface area contributed by atoms with Gasteiger partial charge in [-0.3, -0.25) is 10.1 Å². The number of hydrogen-bond acceptors (Lipinski definition) is 6. The molecule has 0 spiro atoms. The Balaban J connectivity index is 2.19. The van der Waals surface area contributed by atoms with E-state index in [1.165, 1.54) is 29.5 Å². The minimum atomic E-state index is -0.638. The third-order valence-corrected chi connectivity index (χ3v) is 4.41. The van der Waals surface area contributed by atoms with Crippen molar-refractivity contribution in [3.8, 4) is 16.5 Å². The summed E-state index contributed by atoms with van der Waals surface area (Å²) in [5.41, 5.74) is 0.659. The van der Waals surface area contributed by atoms with Crippen molar-refractivity contribution in [2.24, 2.45) is 0 Å². The summed E-state index contributed by atoms with van der Waals surface area (Å²) < 4.78 is 5.04. The maximum atomic E-state index is 11.9. The van der Waals surface area contributed by atoms with Crippen molar-refractivity contribution in [1.82, 2.24) is 0 Å². The number of rotatable bonds is 7. The van der Waals surface area contributed by atoms with Crippen LogP contribution in [0.4, 0.5) is 5.69 Å². The molecule has 0 aliphatic rings. The average Bonchev–Trinajstić information content (AvgIpc) is 3.08. The summed E-state index contributed by atoms with van der Waals surface area (Å²) in [5, 5.41) is 20.0. The van der Waals surface area contributed by atoms with E-state index in [9.17, 15) is 14.9 Å². The van der Waals surface area contributed by atoms with Gasteiger partial charge in [-0.2, -0.15) is 5.26 Å². The smallest absolute Gasteiger partial charge is 0.348 e. The molecule has 0 unspecified atom stereocenters. The molecule has 0 fully saturated rings. The van der Waals surface area contributed by atoms with Crippen molar-refractivity contribution in [3.63, 3.8) is 0 Å². The SMILES string of the molecule is CCCCOC(=O)/C(C#N)=C/c1ccc(-c2cccc([N+](=O)[O-])c2)s1. The van der Waals surface area contributed by atoms with Crippen LogP contribution in [0.1, 0.15) is 24.6 Å². The van der Waals surface area contributed by atoms with Gasteiger partial charge in [-0.25, -0.2) is 4.79 Å². The molecule has 1 aromatic heterocycles. The molecule has 0 amide bonds. The number of carbonyl (C=O) groups is 1. The molecule has 2 aromatic rings. The second-order valence-electron chi connectivity index (χ2n) is 5.17. The minimum Gasteiger partial charge on any atom is -0.462 e. The lowest BCUT2D eigenvalue weighted by atomic mass is 10.1. The van der Waals surface area contributed by atoms with E-state index in [1.807, 2.05) is 13.0 Å². The number of nitrogens with zero attached hydrogens (tertiary/aromatic N) is 2. The number of unbranched alkanes of at least 4 members (excludes halogenated alkanes) is 1. The molecule has 0 atom stereocenters. The zero-order valence-corrected chi connectivity index (χ0v) is 14.4. The predicted molar refractivity (Wildman–Crippen MR) is 95.9 cm³/mol. The molecule has 1 heterocycles. The Morgan fingerprint density at radius 3 is 2.88 bits per heavy atom. The first-order valence-electron chi connectivity index (χ1n) is 7.68. The lowest BCUT2D eigenvalue weighted by molar-refractivity contribution is -0.384. The lowest BCUT2D eigenvalue weighted by Gasteiger charge is -2.01. The van der Waals surface area contributed by atoms with Crippen LogP contribution in [0.3, 0.4) is 0 Å². The molecule has 6 nitrogen and oxygen atoms in total. The molecular weight excluding hydrogens is 340 g/mol. The van der Waals surface area contributed by atoms with Gasteiger partial charge in [0.15, 0.2) is 0 Å². The van der Waals surface area contributed by atoms with Crippen molar-refractivity contribution in [2.45, 2.75) is 19.8 Å².